The molecule has 0 bridgehead atoms. The number of para-hydroxylation sites is 1. The zero-order valence-electron chi connectivity index (χ0n) is 17.1. The molecule has 3 heterocycles. The summed E-state index contributed by atoms with van der Waals surface area (Å²) in [4.78, 5) is 26.7. The molecule has 0 aliphatic carbocycles. The lowest BCUT2D eigenvalue weighted by Gasteiger charge is -2.14. The molecular formula is C23H20N3O3S3-. The molecule has 1 aliphatic rings. The summed E-state index contributed by atoms with van der Waals surface area (Å²) < 4.78 is 2.34. The first-order chi connectivity index (χ1) is 15.5. The van der Waals surface area contributed by atoms with E-state index in [1.54, 1.807) is 16.2 Å². The van der Waals surface area contributed by atoms with Gasteiger partial charge >= 0.3 is 0 Å². The fraction of sp³-hybridized carbons (Fsp3) is 0.217. The predicted molar refractivity (Wildman–Crippen MR) is 130 cm³/mol. The lowest BCUT2D eigenvalue weighted by molar-refractivity contribution is -0.305. The highest BCUT2D eigenvalue weighted by atomic mass is 32.2. The molecule has 9 heteroatoms. The second-order valence-electron chi connectivity index (χ2n) is 7.21. The number of thiocarbonyl (C=S) groups is 1. The molecule has 0 spiro atoms. The van der Waals surface area contributed by atoms with Gasteiger partial charge in [0.25, 0.3) is 5.91 Å². The minimum atomic E-state index is -1.05. The normalized spacial score (nSPS) is 15.1. The van der Waals surface area contributed by atoms with Crippen LogP contribution in [-0.4, -0.2) is 37.4 Å². The van der Waals surface area contributed by atoms with Gasteiger partial charge in [0.2, 0.25) is 0 Å². The summed E-state index contributed by atoms with van der Waals surface area (Å²) in [7, 11) is 0. The lowest BCUT2D eigenvalue weighted by atomic mass is 10.2. The molecule has 0 atom stereocenters. The summed E-state index contributed by atoms with van der Waals surface area (Å²) in [6, 6.07) is 13.8. The highest BCUT2D eigenvalue weighted by molar-refractivity contribution is 8.26. The van der Waals surface area contributed by atoms with Crippen molar-refractivity contribution in [2.24, 2.45) is 0 Å². The molecule has 1 saturated heterocycles. The van der Waals surface area contributed by atoms with Crippen molar-refractivity contribution in [3.05, 3.63) is 64.5 Å². The molecule has 164 valence electrons. The number of nitrogens with zero attached hydrogens (tertiary/aromatic N) is 3. The van der Waals surface area contributed by atoms with E-state index in [1.165, 1.54) is 11.8 Å². The topological polar surface area (TPSA) is 78.3 Å². The number of rotatable bonds is 9. The number of thiophene rings is 1. The molecule has 1 aromatic carbocycles. The van der Waals surface area contributed by atoms with Gasteiger partial charge in [-0.1, -0.05) is 54.7 Å². The maximum absolute atomic E-state index is 13.0. The molecule has 1 aliphatic heterocycles. The predicted octanol–water partition coefficient (Wildman–Crippen LogP) is 4.11. The number of carboxylic acid groups (broad SMARTS) is 1. The van der Waals surface area contributed by atoms with Crippen molar-refractivity contribution in [2.45, 2.75) is 25.7 Å². The molecule has 1 amide bonds. The third-order valence-electron chi connectivity index (χ3n) is 4.94. The smallest absolute Gasteiger partial charge is 0.266 e. The minimum absolute atomic E-state index is 0.0369. The number of benzene rings is 1. The Morgan fingerprint density at radius 3 is 2.66 bits per heavy atom. The van der Waals surface area contributed by atoms with Gasteiger partial charge in [-0.05, 0) is 48.9 Å². The SMILES string of the molecule is O=C([O-])CCCCCN1C(=O)C(=Cc2cn(-c3ccccc3)nc2-c2cccs2)SC1=S. The highest BCUT2D eigenvalue weighted by Crippen LogP contribution is 2.36. The summed E-state index contributed by atoms with van der Waals surface area (Å²) in [5.74, 6) is -1.17. The third-order valence-corrected chi connectivity index (χ3v) is 7.20. The van der Waals surface area contributed by atoms with Gasteiger partial charge in [-0.15, -0.1) is 11.3 Å². The van der Waals surface area contributed by atoms with Gasteiger partial charge in [0.15, 0.2) is 0 Å². The average molecular weight is 483 g/mol. The van der Waals surface area contributed by atoms with Crippen LogP contribution in [0.1, 0.15) is 31.2 Å². The number of carboxylic acids is 1. The van der Waals surface area contributed by atoms with Crippen LogP contribution in [0.25, 0.3) is 22.3 Å². The van der Waals surface area contributed by atoms with Crippen LogP contribution >= 0.6 is 35.3 Å². The minimum Gasteiger partial charge on any atom is -0.550 e. The molecule has 0 N–H and O–H groups in total. The number of hydrogen-bond acceptors (Lipinski definition) is 7. The fourth-order valence-electron chi connectivity index (χ4n) is 3.36. The van der Waals surface area contributed by atoms with Crippen LogP contribution in [0.2, 0.25) is 0 Å². The molecule has 0 radical (unpaired) electrons. The monoisotopic (exact) mass is 482 g/mol. The van der Waals surface area contributed by atoms with Gasteiger partial charge in [-0.25, -0.2) is 4.68 Å². The molecule has 1 fully saturated rings. The lowest BCUT2D eigenvalue weighted by Crippen LogP contribution is -2.29. The number of carbonyl (C=O) groups excluding carboxylic acids is 2. The standard InChI is InChI=1S/C23H21N3O3S3/c27-20(28)11-5-2-6-12-25-22(29)19(32-23(25)30)14-16-15-26(17-8-3-1-4-9-17)24-21(16)18-10-7-13-31-18/h1,3-4,7-10,13-15H,2,5-6,11-12H2,(H,27,28)/p-1. The Morgan fingerprint density at radius 1 is 1.12 bits per heavy atom. The van der Waals surface area contributed by atoms with Crippen molar-refractivity contribution in [1.82, 2.24) is 14.7 Å². The largest absolute Gasteiger partial charge is 0.550 e. The Balaban J connectivity index is 1.55. The summed E-state index contributed by atoms with van der Waals surface area (Å²) in [5, 5.41) is 17.3. The summed E-state index contributed by atoms with van der Waals surface area (Å²) in [6.45, 7) is 0.482. The number of aromatic nitrogens is 2. The van der Waals surface area contributed by atoms with E-state index in [0.29, 0.717) is 35.0 Å². The van der Waals surface area contributed by atoms with E-state index in [1.807, 2.05) is 64.8 Å². The van der Waals surface area contributed by atoms with Gasteiger partial charge in [0.1, 0.15) is 10.0 Å². The number of unbranched alkanes of at least 4 members (excludes halogenated alkanes) is 2. The number of carbonyl (C=O) groups is 2. The van der Waals surface area contributed by atoms with E-state index < -0.39 is 5.97 Å². The van der Waals surface area contributed by atoms with Crippen LogP contribution in [0.15, 0.2) is 58.9 Å². The first-order valence-corrected chi connectivity index (χ1v) is 12.3. The Kier molecular flexibility index (Phi) is 7.19. The third kappa shape index (κ3) is 5.17. The first kappa shape index (κ1) is 22.4. The number of aliphatic carboxylic acids is 1. The van der Waals surface area contributed by atoms with Gasteiger partial charge in [0.05, 0.1) is 15.5 Å². The second kappa shape index (κ2) is 10.2. The molecule has 3 aromatic rings. The van der Waals surface area contributed by atoms with Crippen LogP contribution < -0.4 is 5.11 Å². The van der Waals surface area contributed by atoms with E-state index in [9.17, 15) is 14.7 Å². The van der Waals surface area contributed by atoms with Gasteiger partial charge < -0.3 is 9.90 Å². The summed E-state index contributed by atoms with van der Waals surface area (Å²) >= 11 is 8.31. The average Bonchev–Trinajstić information content (AvgIpc) is 3.50. The maximum atomic E-state index is 13.0. The molecule has 6 nitrogen and oxygen atoms in total. The van der Waals surface area contributed by atoms with E-state index in [4.69, 9.17) is 17.3 Å². The Bertz CT molecular complexity index is 1150. The zero-order chi connectivity index (χ0) is 22.5. The van der Waals surface area contributed by atoms with Crippen molar-refractivity contribution in [1.29, 1.82) is 0 Å². The highest BCUT2D eigenvalue weighted by Gasteiger charge is 2.32. The molecule has 0 saturated carbocycles. The Morgan fingerprint density at radius 2 is 1.94 bits per heavy atom. The van der Waals surface area contributed by atoms with Crippen molar-refractivity contribution in [3.63, 3.8) is 0 Å². The Hall–Kier alpha value is -2.75. The van der Waals surface area contributed by atoms with Crippen molar-refractivity contribution in [2.75, 3.05) is 6.54 Å². The van der Waals surface area contributed by atoms with Gasteiger partial charge in [0, 0.05) is 24.3 Å². The van der Waals surface area contributed by atoms with Gasteiger partial charge in [-0.3, -0.25) is 9.69 Å². The number of thioether (sulfide) groups is 1. The van der Waals surface area contributed by atoms with Crippen molar-refractivity contribution in [3.8, 4) is 16.3 Å². The summed E-state index contributed by atoms with van der Waals surface area (Å²) in [5.41, 5.74) is 2.61. The second-order valence-corrected chi connectivity index (χ2v) is 9.83. The van der Waals surface area contributed by atoms with Crippen LogP contribution in [0, 0.1) is 0 Å². The van der Waals surface area contributed by atoms with Crippen molar-refractivity contribution < 1.29 is 14.7 Å². The number of hydrogen-bond donors (Lipinski definition) is 0. The first-order valence-electron chi connectivity index (χ1n) is 10.2. The molecule has 0 unspecified atom stereocenters. The molecular weight excluding hydrogens is 462 g/mol. The van der Waals surface area contributed by atoms with Crippen LogP contribution in [0.4, 0.5) is 0 Å². The van der Waals surface area contributed by atoms with Gasteiger partial charge in [-0.2, -0.15) is 5.10 Å². The van der Waals surface area contributed by atoms with Crippen LogP contribution in [-0.2, 0) is 9.59 Å². The molecule has 32 heavy (non-hydrogen) atoms. The molecule has 2 aromatic heterocycles. The summed E-state index contributed by atoms with van der Waals surface area (Å²) in [6.07, 6.45) is 5.76. The van der Waals surface area contributed by atoms with Crippen LogP contribution in [0.3, 0.4) is 0 Å². The maximum Gasteiger partial charge on any atom is 0.266 e. The quantitative estimate of drug-likeness (QED) is 0.259. The van der Waals surface area contributed by atoms with Crippen molar-refractivity contribution >= 4 is 57.6 Å². The van der Waals surface area contributed by atoms with Crippen LogP contribution in [0.5, 0.6) is 0 Å². The Labute approximate surface area is 199 Å². The van der Waals surface area contributed by atoms with E-state index in [-0.39, 0.29) is 12.3 Å². The van der Waals surface area contributed by atoms with E-state index in [2.05, 4.69) is 0 Å². The number of amides is 1. The molecule has 4 rings (SSSR count). The fourth-order valence-corrected chi connectivity index (χ4v) is 5.39. The van der Waals surface area contributed by atoms with E-state index >= 15 is 0 Å². The zero-order valence-corrected chi connectivity index (χ0v) is 19.5. The van der Waals surface area contributed by atoms with E-state index in [0.717, 1.165) is 21.8 Å².